The number of aliphatic imine (C=N–C) groups is 1. The van der Waals surface area contributed by atoms with E-state index in [0.29, 0.717) is 40.1 Å². The first-order chi connectivity index (χ1) is 13.8. The third-order valence-corrected chi connectivity index (χ3v) is 4.93. The zero-order chi connectivity index (χ0) is 21.1. The van der Waals surface area contributed by atoms with Crippen molar-refractivity contribution in [3.63, 3.8) is 0 Å². The summed E-state index contributed by atoms with van der Waals surface area (Å²) in [7, 11) is 5.09. The first kappa shape index (κ1) is 20.7. The van der Waals surface area contributed by atoms with Gasteiger partial charge in [0.15, 0.2) is 0 Å². The highest BCUT2D eigenvalue weighted by Gasteiger charge is 2.43. The van der Waals surface area contributed by atoms with Crippen molar-refractivity contribution in [2.75, 3.05) is 34.4 Å². The number of esters is 2. The smallest absolute Gasteiger partial charge is 0.336 e. The van der Waals surface area contributed by atoms with E-state index in [0.717, 1.165) is 0 Å². The summed E-state index contributed by atoms with van der Waals surface area (Å²) in [4.78, 5) is 32.1. The normalized spacial score (nSPS) is 19.4. The standard InChI is InChI=1S/C20H24N4O5/c1-11-15(19(25)27-5)17(13-7-6-8-14-18(13)23-29-22-14)16(12(2)21-11)20(26)28-10-9-24(3)4/h6-8,15,17H,9-10H2,1-5H3/t15?,17-/m1/s1. The lowest BCUT2D eigenvalue weighted by atomic mass is 9.75. The number of carbonyl (C=O) groups excluding carboxylic acids is 2. The molecule has 154 valence electrons. The Balaban J connectivity index is 2.11. The van der Waals surface area contributed by atoms with Gasteiger partial charge < -0.3 is 14.4 Å². The number of hydrogen-bond acceptors (Lipinski definition) is 9. The number of nitrogens with zero attached hydrogens (tertiary/aromatic N) is 4. The fourth-order valence-electron chi connectivity index (χ4n) is 3.55. The Hall–Kier alpha value is -3.07. The Morgan fingerprint density at radius 1 is 1.21 bits per heavy atom. The van der Waals surface area contributed by atoms with Crippen LogP contribution in [0.1, 0.15) is 25.3 Å². The first-order valence-electron chi connectivity index (χ1n) is 9.22. The number of hydrogen-bond donors (Lipinski definition) is 0. The monoisotopic (exact) mass is 400 g/mol. The van der Waals surface area contributed by atoms with E-state index < -0.39 is 23.8 Å². The highest BCUT2D eigenvalue weighted by Crippen LogP contribution is 2.41. The molecular formula is C20H24N4O5. The van der Waals surface area contributed by atoms with Crippen molar-refractivity contribution < 1.29 is 23.7 Å². The summed E-state index contributed by atoms with van der Waals surface area (Å²) < 4.78 is 15.4. The van der Waals surface area contributed by atoms with Crippen molar-refractivity contribution >= 4 is 28.7 Å². The summed E-state index contributed by atoms with van der Waals surface area (Å²) in [6, 6.07) is 5.33. The van der Waals surface area contributed by atoms with E-state index in [9.17, 15) is 9.59 Å². The molecule has 9 nitrogen and oxygen atoms in total. The van der Waals surface area contributed by atoms with Crippen molar-refractivity contribution in [1.82, 2.24) is 15.2 Å². The predicted octanol–water partition coefficient (Wildman–Crippen LogP) is 1.95. The van der Waals surface area contributed by atoms with Gasteiger partial charge in [0.05, 0.1) is 12.7 Å². The van der Waals surface area contributed by atoms with Crippen molar-refractivity contribution in [2.45, 2.75) is 19.8 Å². The maximum atomic E-state index is 13.0. The summed E-state index contributed by atoms with van der Waals surface area (Å²) >= 11 is 0. The quantitative estimate of drug-likeness (QED) is 0.677. The van der Waals surface area contributed by atoms with Gasteiger partial charge in [0, 0.05) is 23.9 Å². The van der Waals surface area contributed by atoms with Gasteiger partial charge in [0.2, 0.25) is 0 Å². The van der Waals surface area contributed by atoms with Crippen LogP contribution in [-0.4, -0.2) is 67.2 Å². The summed E-state index contributed by atoms with van der Waals surface area (Å²) in [5.41, 5.74) is 3.00. The van der Waals surface area contributed by atoms with Crippen molar-refractivity contribution in [3.05, 3.63) is 35.0 Å². The molecule has 1 aromatic carbocycles. The average molecular weight is 400 g/mol. The zero-order valence-electron chi connectivity index (χ0n) is 17.1. The van der Waals surface area contributed by atoms with Crippen LogP contribution in [0.3, 0.4) is 0 Å². The predicted molar refractivity (Wildman–Crippen MR) is 105 cm³/mol. The highest BCUT2D eigenvalue weighted by atomic mass is 16.6. The molecule has 1 unspecified atom stereocenters. The Bertz CT molecular complexity index is 992. The molecule has 0 fully saturated rings. The minimum absolute atomic E-state index is 0.219. The molecule has 0 N–H and O–H groups in total. The molecule has 3 rings (SSSR count). The Labute approximate surface area is 168 Å². The molecular weight excluding hydrogens is 376 g/mol. The Morgan fingerprint density at radius 3 is 2.66 bits per heavy atom. The van der Waals surface area contributed by atoms with Crippen LogP contribution in [0.5, 0.6) is 0 Å². The fourth-order valence-corrected chi connectivity index (χ4v) is 3.55. The number of likely N-dealkylation sites (N-methyl/N-ethyl adjacent to an activating group) is 1. The number of methoxy groups -OCH3 is 1. The molecule has 0 amide bonds. The highest BCUT2D eigenvalue weighted by molar-refractivity contribution is 6.07. The third-order valence-electron chi connectivity index (χ3n) is 4.93. The number of aromatic nitrogens is 2. The van der Waals surface area contributed by atoms with Gasteiger partial charge in [0.25, 0.3) is 0 Å². The van der Waals surface area contributed by atoms with Gasteiger partial charge in [-0.2, -0.15) is 0 Å². The number of carbonyl (C=O) groups is 2. The van der Waals surface area contributed by atoms with Gasteiger partial charge in [-0.1, -0.05) is 12.1 Å². The fraction of sp³-hybridized carbons (Fsp3) is 0.450. The minimum Gasteiger partial charge on any atom is -0.468 e. The van der Waals surface area contributed by atoms with Crippen LogP contribution in [0.4, 0.5) is 0 Å². The van der Waals surface area contributed by atoms with Crippen LogP contribution < -0.4 is 0 Å². The van der Waals surface area contributed by atoms with Crippen LogP contribution in [-0.2, 0) is 19.1 Å². The molecule has 1 aromatic heterocycles. The van der Waals surface area contributed by atoms with Crippen LogP contribution in [0.15, 0.2) is 39.1 Å². The van der Waals surface area contributed by atoms with Crippen molar-refractivity contribution in [2.24, 2.45) is 10.9 Å². The van der Waals surface area contributed by atoms with E-state index in [4.69, 9.17) is 14.1 Å². The van der Waals surface area contributed by atoms with E-state index in [1.54, 1.807) is 32.0 Å². The van der Waals surface area contributed by atoms with Crippen LogP contribution in [0.25, 0.3) is 11.0 Å². The van der Waals surface area contributed by atoms with E-state index in [1.165, 1.54) is 7.11 Å². The van der Waals surface area contributed by atoms with Crippen molar-refractivity contribution in [1.29, 1.82) is 0 Å². The molecule has 1 aliphatic rings. The van der Waals surface area contributed by atoms with E-state index in [-0.39, 0.29) is 6.61 Å². The van der Waals surface area contributed by atoms with Gasteiger partial charge in [-0.15, -0.1) is 0 Å². The van der Waals surface area contributed by atoms with Crippen LogP contribution in [0, 0.1) is 5.92 Å². The topological polar surface area (TPSA) is 107 Å². The van der Waals surface area contributed by atoms with Gasteiger partial charge in [-0.05, 0) is 49.9 Å². The van der Waals surface area contributed by atoms with Gasteiger partial charge >= 0.3 is 11.9 Å². The van der Waals surface area contributed by atoms with Crippen LogP contribution in [0.2, 0.25) is 0 Å². The van der Waals surface area contributed by atoms with Gasteiger partial charge in [0.1, 0.15) is 23.6 Å². The number of fused-ring (bicyclic) bond motifs is 1. The molecule has 2 heterocycles. The summed E-state index contributed by atoms with van der Waals surface area (Å²) in [5, 5.41) is 7.85. The second-order valence-electron chi connectivity index (χ2n) is 7.15. The zero-order valence-corrected chi connectivity index (χ0v) is 17.1. The van der Waals surface area contributed by atoms with Crippen molar-refractivity contribution in [3.8, 4) is 0 Å². The maximum absolute atomic E-state index is 13.0. The van der Waals surface area contributed by atoms with Gasteiger partial charge in [-0.3, -0.25) is 9.79 Å². The van der Waals surface area contributed by atoms with E-state index in [1.807, 2.05) is 19.0 Å². The molecule has 2 aromatic rings. The molecule has 9 heteroatoms. The number of rotatable bonds is 6. The second kappa shape index (κ2) is 8.52. The number of ether oxygens (including phenoxy) is 2. The number of benzene rings is 1. The molecule has 0 spiro atoms. The second-order valence-corrected chi connectivity index (χ2v) is 7.15. The molecule has 0 aliphatic carbocycles. The lowest BCUT2D eigenvalue weighted by Crippen LogP contribution is -2.36. The molecule has 0 bridgehead atoms. The SMILES string of the molecule is COC(=O)C1C(C)=NC(C)=C(C(=O)OCCN(C)C)[C@@H]1c1cccc2nonc12. The lowest BCUT2D eigenvalue weighted by Gasteiger charge is -2.31. The van der Waals surface area contributed by atoms with E-state index in [2.05, 4.69) is 15.3 Å². The molecule has 1 aliphatic heterocycles. The summed E-state index contributed by atoms with van der Waals surface area (Å²) in [6.07, 6.45) is 0. The summed E-state index contributed by atoms with van der Waals surface area (Å²) in [6.45, 7) is 4.27. The number of allylic oxidation sites excluding steroid dienone is 1. The Kier molecular flexibility index (Phi) is 6.07. The molecule has 0 saturated heterocycles. The largest absolute Gasteiger partial charge is 0.468 e. The average Bonchev–Trinajstić information content (AvgIpc) is 3.15. The molecule has 0 radical (unpaired) electrons. The molecule has 29 heavy (non-hydrogen) atoms. The minimum atomic E-state index is -0.789. The van der Waals surface area contributed by atoms with E-state index >= 15 is 0 Å². The summed E-state index contributed by atoms with van der Waals surface area (Å²) in [5.74, 6) is -2.48. The third kappa shape index (κ3) is 4.04. The Morgan fingerprint density at radius 2 is 1.97 bits per heavy atom. The van der Waals surface area contributed by atoms with Gasteiger partial charge in [-0.25, -0.2) is 9.42 Å². The first-order valence-corrected chi connectivity index (χ1v) is 9.22. The van der Waals surface area contributed by atoms with Crippen LogP contribution >= 0.6 is 0 Å². The maximum Gasteiger partial charge on any atom is 0.336 e. The lowest BCUT2D eigenvalue weighted by molar-refractivity contribution is -0.144. The molecule has 2 atom stereocenters. The molecule has 0 saturated carbocycles.